The van der Waals surface area contributed by atoms with E-state index < -0.39 is 17.8 Å². The Bertz CT molecular complexity index is 563. The Morgan fingerprint density at radius 3 is 2.59 bits per heavy atom. The van der Waals surface area contributed by atoms with E-state index in [-0.39, 0.29) is 5.91 Å². The summed E-state index contributed by atoms with van der Waals surface area (Å²) in [5.74, 6) is -2.11. The number of rotatable bonds is 6. The van der Waals surface area contributed by atoms with Gasteiger partial charge in [0.2, 0.25) is 5.91 Å². The van der Waals surface area contributed by atoms with Crippen LogP contribution < -0.4 is 5.32 Å². The molecule has 0 unspecified atom stereocenters. The molecule has 0 aromatic carbocycles. The molecule has 2 rings (SSSR count). The van der Waals surface area contributed by atoms with Gasteiger partial charge >= 0.3 is 5.97 Å². The summed E-state index contributed by atoms with van der Waals surface area (Å²) in [5.41, 5.74) is 2.23. The topological polar surface area (TPSA) is 84.2 Å². The fourth-order valence-electron chi connectivity index (χ4n) is 2.85. The van der Waals surface area contributed by atoms with Gasteiger partial charge in [-0.2, -0.15) is 0 Å². The molecule has 120 valence electrons. The Morgan fingerprint density at radius 1 is 1.32 bits per heavy atom. The average molecular weight is 305 g/mol. The number of carboxylic acid groups (broad SMARTS) is 1. The monoisotopic (exact) mass is 305 g/mol. The number of allylic oxidation sites excluding steroid dienone is 2. The van der Waals surface area contributed by atoms with Crippen molar-refractivity contribution in [3.05, 3.63) is 29.9 Å². The van der Waals surface area contributed by atoms with Crippen molar-refractivity contribution in [1.82, 2.24) is 14.9 Å². The van der Waals surface area contributed by atoms with Crippen LogP contribution in [0.25, 0.3) is 0 Å². The third-order valence-electron chi connectivity index (χ3n) is 4.37. The van der Waals surface area contributed by atoms with Gasteiger partial charge in [-0.15, -0.1) is 0 Å². The quantitative estimate of drug-likeness (QED) is 0.620. The maximum atomic E-state index is 12.3. The lowest BCUT2D eigenvalue weighted by Gasteiger charge is -2.29. The van der Waals surface area contributed by atoms with E-state index in [2.05, 4.69) is 10.3 Å². The second-order valence-electron chi connectivity index (χ2n) is 5.97. The molecule has 22 heavy (non-hydrogen) atoms. The minimum Gasteiger partial charge on any atom is -0.481 e. The van der Waals surface area contributed by atoms with Gasteiger partial charge in [0.1, 0.15) is 0 Å². The first kappa shape index (κ1) is 16.3. The predicted molar refractivity (Wildman–Crippen MR) is 82.1 cm³/mol. The van der Waals surface area contributed by atoms with E-state index in [0.717, 1.165) is 24.1 Å². The van der Waals surface area contributed by atoms with Crippen molar-refractivity contribution in [1.29, 1.82) is 0 Å². The van der Waals surface area contributed by atoms with Gasteiger partial charge in [0, 0.05) is 25.5 Å². The number of carbonyl (C=O) groups is 2. The molecular formula is C16H23N3O3. The number of nitrogens with one attached hydrogen (secondary N) is 1. The highest BCUT2D eigenvalue weighted by atomic mass is 16.4. The fourth-order valence-corrected chi connectivity index (χ4v) is 2.85. The van der Waals surface area contributed by atoms with Crippen molar-refractivity contribution in [2.24, 2.45) is 11.8 Å². The lowest BCUT2D eigenvalue weighted by Crippen LogP contribution is -2.40. The number of imidazole rings is 1. The molecule has 1 aliphatic carbocycles. The van der Waals surface area contributed by atoms with Crippen LogP contribution in [-0.2, 0) is 16.1 Å². The summed E-state index contributed by atoms with van der Waals surface area (Å²) in [4.78, 5) is 27.7. The number of nitrogens with zero attached hydrogens (tertiary/aromatic N) is 2. The van der Waals surface area contributed by atoms with Gasteiger partial charge in [-0.3, -0.25) is 9.59 Å². The van der Waals surface area contributed by atoms with Crippen LogP contribution in [0.2, 0.25) is 0 Å². The van der Waals surface area contributed by atoms with Gasteiger partial charge < -0.3 is 15.0 Å². The van der Waals surface area contributed by atoms with Gasteiger partial charge in [-0.25, -0.2) is 4.98 Å². The first-order chi connectivity index (χ1) is 10.5. The lowest BCUT2D eigenvalue weighted by molar-refractivity contribution is -0.147. The van der Waals surface area contributed by atoms with E-state index >= 15 is 0 Å². The maximum absolute atomic E-state index is 12.3. The number of carbonyl (C=O) groups excluding carboxylic acids is 1. The molecule has 2 N–H and O–H groups in total. The molecule has 0 aliphatic heterocycles. The molecule has 1 aromatic heterocycles. The summed E-state index contributed by atoms with van der Waals surface area (Å²) in [6, 6.07) is 0. The third-order valence-corrected chi connectivity index (χ3v) is 4.37. The highest BCUT2D eigenvalue weighted by Gasteiger charge is 2.36. The maximum Gasteiger partial charge on any atom is 0.307 e. The van der Waals surface area contributed by atoms with Crippen LogP contribution in [0.15, 0.2) is 29.9 Å². The SMILES string of the molecule is CC1=C(C)C[C@@H](C(=O)O)[C@@H](C(=O)NCCCn2ccnc2)C1. The molecule has 1 aromatic rings. The van der Waals surface area contributed by atoms with Gasteiger partial charge in [-0.1, -0.05) is 11.1 Å². The molecule has 0 fully saturated rings. The van der Waals surface area contributed by atoms with Crippen LogP contribution in [-0.4, -0.2) is 33.1 Å². The van der Waals surface area contributed by atoms with Gasteiger partial charge in [-0.05, 0) is 33.1 Å². The number of hydrogen-bond acceptors (Lipinski definition) is 3. The third kappa shape index (κ3) is 3.96. The van der Waals surface area contributed by atoms with Crippen molar-refractivity contribution in [3.8, 4) is 0 Å². The van der Waals surface area contributed by atoms with Crippen LogP contribution in [0.3, 0.4) is 0 Å². The summed E-state index contributed by atoms with van der Waals surface area (Å²) in [5, 5.41) is 12.2. The van der Waals surface area contributed by atoms with Gasteiger partial charge in [0.25, 0.3) is 0 Å². The van der Waals surface area contributed by atoms with Crippen molar-refractivity contribution in [2.45, 2.75) is 39.7 Å². The van der Waals surface area contributed by atoms with E-state index in [4.69, 9.17) is 0 Å². The number of carboxylic acids is 1. The zero-order valence-corrected chi connectivity index (χ0v) is 13.1. The van der Waals surface area contributed by atoms with E-state index in [0.29, 0.717) is 19.4 Å². The number of aliphatic carboxylic acids is 1. The molecule has 2 atom stereocenters. The Balaban J connectivity index is 1.86. The second-order valence-corrected chi connectivity index (χ2v) is 5.97. The molecule has 0 bridgehead atoms. The first-order valence-corrected chi connectivity index (χ1v) is 7.60. The number of hydrogen-bond donors (Lipinski definition) is 2. The summed E-state index contributed by atoms with van der Waals surface area (Å²) in [6.45, 7) is 5.25. The minimum absolute atomic E-state index is 0.148. The lowest BCUT2D eigenvalue weighted by atomic mass is 9.76. The molecule has 0 spiro atoms. The van der Waals surface area contributed by atoms with Gasteiger partial charge in [0.05, 0.1) is 18.2 Å². The highest BCUT2D eigenvalue weighted by molar-refractivity contribution is 5.85. The normalized spacial score (nSPS) is 21.7. The highest BCUT2D eigenvalue weighted by Crippen LogP contribution is 2.34. The molecule has 0 saturated heterocycles. The molecular weight excluding hydrogens is 282 g/mol. The number of amides is 1. The summed E-state index contributed by atoms with van der Waals surface area (Å²) < 4.78 is 1.95. The molecule has 1 aliphatic rings. The molecule has 6 heteroatoms. The minimum atomic E-state index is -0.884. The first-order valence-electron chi connectivity index (χ1n) is 7.60. The van der Waals surface area contributed by atoms with Crippen molar-refractivity contribution < 1.29 is 14.7 Å². The van der Waals surface area contributed by atoms with E-state index in [9.17, 15) is 14.7 Å². The smallest absolute Gasteiger partial charge is 0.307 e. The van der Waals surface area contributed by atoms with Crippen LogP contribution in [0, 0.1) is 11.8 Å². The van der Waals surface area contributed by atoms with Crippen molar-refractivity contribution in [2.75, 3.05) is 6.54 Å². The predicted octanol–water partition coefficient (Wildman–Crippen LogP) is 1.84. The van der Waals surface area contributed by atoms with E-state index in [1.54, 1.807) is 12.5 Å². The zero-order chi connectivity index (χ0) is 16.1. The van der Waals surface area contributed by atoms with Crippen LogP contribution >= 0.6 is 0 Å². The van der Waals surface area contributed by atoms with Crippen LogP contribution in [0.1, 0.15) is 33.1 Å². The molecule has 0 radical (unpaired) electrons. The van der Waals surface area contributed by atoms with Crippen molar-refractivity contribution >= 4 is 11.9 Å². The molecule has 1 amide bonds. The Kier molecular flexibility index (Phi) is 5.35. The number of aromatic nitrogens is 2. The largest absolute Gasteiger partial charge is 0.481 e. The summed E-state index contributed by atoms with van der Waals surface area (Å²) >= 11 is 0. The molecule has 6 nitrogen and oxygen atoms in total. The van der Waals surface area contributed by atoms with Gasteiger partial charge in [0.15, 0.2) is 0 Å². The Labute approximate surface area is 130 Å². The standard InChI is InChI=1S/C16H23N3O3/c1-11-8-13(14(16(21)22)9-12(11)2)15(20)18-4-3-6-19-7-5-17-10-19/h5,7,10,13-14H,3-4,6,8-9H2,1-2H3,(H,18,20)(H,21,22)/t13-,14+/m0/s1. The van der Waals surface area contributed by atoms with Crippen LogP contribution in [0.4, 0.5) is 0 Å². The second kappa shape index (κ2) is 7.24. The van der Waals surface area contributed by atoms with Crippen LogP contribution in [0.5, 0.6) is 0 Å². The Hall–Kier alpha value is -2.11. The molecule has 0 saturated carbocycles. The molecule has 1 heterocycles. The summed E-state index contributed by atoms with van der Waals surface area (Å²) in [6.07, 6.45) is 7.13. The van der Waals surface area contributed by atoms with E-state index in [1.165, 1.54) is 0 Å². The van der Waals surface area contributed by atoms with E-state index in [1.807, 2.05) is 24.6 Å². The zero-order valence-electron chi connectivity index (χ0n) is 13.1. The Morgan fingerprint density at radius 2 is 2.00 bits per heavy atom. The van der Waals surface area contributed by atoms with Crippen molar-refractivity contribution in [3.63, 3.8) is 0 Å². The fraction of sp³-hybridized carbons (Fsp3) is 0.562. The summed E-state index contributed by atoms with van der Waals surface area (Å²) in [7, 11) is 0. The number of aryl methyl sites for hydroxylation is 1. The average Bonchev–Trinajstić information content (AvgIpc) is 2.98.